The molecule has 3 rings (SSSR count). The quantitative estimate of drug-likeness (QED) is 0.746. The van der Waals surface area contributed by atoms with E-state index in [1.807, 2.05) is 0 Å². The second-order valence-electron chi connectivity index (χ2n) is 4.95. The molecule has 0 aliphatic heterocycles. The smallest absolute Gasteiger partial charge is 0.272 e. The van der Waals surface area contributed by atoms with E-state index in [1.54, 1.807) is 42.6 Å². The Morgan fingerprint density at radius 2 is 1.92 bits per heavy atom. The number of benzene rings is 1. The summed E-state index contributed by atoms with van der Waals surface area (Å²) in [6.45, 7) is 0.232. The molecule has 0 atom stereocenters. The first-order chi connectivity index (χ1) is 11.5. The summed E-state index contributed by atoms with van der Waals surface area (Å²) in [4.78, 5) is 16.3. The van der Waals surface area contributed by atoms with Gasteiger partial charge in [-0.25, -0.2) is 4.98 Å². The van der Waals surface area contributed by atoms with Crippen molar-refractivity contribution in [2.45, 2.75) is 6.54 Å². The van der Waals surface area contributed by atoms with E-state index in [-0.39, 0.29) is 18.1 Å². The third-order valence-electron chi connectivity index (χ3n) is 3.16. The van der Waals surface area contributed by atoms with Gasteiger partial charge in [-0.05, 0) is 35.9 Å². The topological polar surface area (TPSA) is 80.0 Å². The van der Waals surface area contributed by atoms with Crippen LogP contribution in [-0.2, 0) is 6.54 Å². The van der Waals surface area contributed by atoms with Crippen LogP contribution in [0.15, 0.2) is 48.7 Å². The van der Waals surface area contributed by atoms with Crippen molar-refractivity contribution in [2.24, 2.45) is 0 Å². The van der Waals surface area contributed by atoms with Crippen LogP contribution in [0.2, 0.25) is 10.0 Å². The number of hydrogen-bond acceptors (Lipinski definition) is 4. The van der Waals surface area contributed by atoms with E-state index in [0.717, 1.165) is 5.56 Å². The fourth-order valence-electron chi connectivity index (χ4n) is 2.12. The van der Waals surface area contributed by atoms with E-state index in [4.69, 9.17) is 23.2 Å². The lowest BCUT2D eigenvalue weighted by atomic mass is 10.2. The number of nitrogens with zero attached hydrogens (tertiary/aromatic N) is 3. The van der Waals surface area contributed by atoms with Gasteiger partial charge < -0.3 is 10.4 Å². The summed E-state index contributed by atoms with van der Waals surface area (Å²) in [5.41, 5.74) is 0.834. The first kappa shape index (κ1) is 16.3. The van der Waals surface area contributed by atoms with Crippen LogP contribution in [0.4, 0.5) is 0 Å². The summed E-state index contributed by atoms with van der Waals surface area (Å²) in [7, 11) is 0. The fourth-order valence-corrected chi connectivity index (χ4v) is 2.69. The minimum atomic E-state index is -0.434. The fraction of sp³-hybridized carbons (Fsp3) is 0.0625. The predicted octanol–water partition coefficient (Wildman–Crippen LogP) is 3.21. The largest absolute Gasteiger partial charge is 0.493 e. The van der Waals surface area contributed by atoms with Crippen molar-refractivity contribution in [1.82, 2.24) is 20.1 Å². The van der Waals surface area contributed by atoms with Gasteiger partial charge in [0.25, 0.3) is 5.91 Å². The van der Waals surface area contributed by atoms with Crippen molar-refractivity contribution >= 4 is 29.1 Å². The lowest BCUT2D eigenvalue weighted by Crippen LogP contribution is -2.23. The molecule has 2 N–H and O–H groups in total. The second kappa shape index (κ2) is 6.90. The van der Waals surface area contributed by atoms with Gasteiger partial charge in [-0.2, -0.15) is 9.78 Å². The monoisotopic (exact) mass is 362 g/mol. The van der Waals surface area contributed by atoms with Crippen molar-refractivity contribution in [3.05, 3.63) is 70.0 Å². The number of carbonyl (C=O) groups is 1. The Morgan fingerprint density at radius 1 is 1.17 bits per heavy atom. The summed E-state index contributed by atoms with van der Waals surface area (Å²) in [5.74, 6) is -0.198. The van der Waals surface area contributed by atoms with E-state index in [1.165, 1.54) is 10.7 Å². The molecule has 2 aromatic heterocycles. The maximum atomic E-state index is 12.2. The van der Waals surface area contributed by atoms with E-state index in [9.17, 15) is 9.90 Å². The Morgan fingerprint density at radius 3 is 2.58 bits per heavy atom. The maximum Gasteiger partial charge on any atom is 0.272 e. The number of nitrogens with one attached hydrogen (secondary N) is 1. The van der Waals surface area contributed by atoms with Crippen LogP contribution < -0.4 is 5.32 Å². The Labute approximate surface area is 147 Å². The molecule has 3 aromatic rings. The molecule has 6 nitrogen and oxygen atoms in total. The summed E-state index contributed by atoms with van der Waals surface area (Å²) in [5, 5.41) is 17.7. The molecule has 0 aliphatic rings. The molecule has 0 unspecified atom stereocenters. The average Bonchev–Trinajstić information content (AvgIpc) is 2.94. The number of aromatic hydroxyl groups is 1. The normalized spacial score (nSPS) is 10.6. The second-order valence-corrected chi connectivity index (χ2v) is 5.82. The first-order valence-electron chi connectivity index (χ1n) is 6.96. The molecule has 122 valence electrons. The van der Waals surface area contributed by atoms with E-state index >= 15 is 0 Å². The Balaban J connectivity index is 1.74. The van der Waals surface area contributed by atoms with Gasteiger partial charge in [0.05, 0.1) is 0 Å². The van der Waals surface area contributed by atoms with Crippen LogP contribution in [0.1, 0.15) is 16.1 Å². The Hall–Kier alpha value is -2.57. The molecule has 1 amide bonds. The van der Waals surface area contributed by atoms with Crippen molar-refractivity contribution in [3.8, 4) is 11.7 Å². The average molecular weight is 363 g/mol. The minimum absolute atomic E-state index is 0.0753. The van der Waals surface area contributed by atoms with E-state index in [0.29, 0.717) is 15.9 Å². The summed E-state index contributed by atoms with van der Waals surface area (Å²) in [6, 6.07) is 11.5. The summed E-state index contributed by atoms with van der Waals surface area (Å²) < 4.78 is 1.19. The first-order valence-corrected chi connectivity index (χ1v) is 7.72. The third kappa shape index (κ3) is 3.67. The number of aromatic nitrogens is 3. The highest BCUT2D eigenvalue weighted by molar-refractivity contribution is 6.34. The van der Waals surface area contributed by atoms with Crippen LogP contribution in [0.3, 0.4) is 0 Å². The van der Waals surface area contributed by atoms with Crippen molar-refractivity contribution in [3.63, 3.8) is 0 Å². The zero-order chi connectivity index (χ0) is 17.1. The Kier molecular flexibility index (Phi) is 4.69. The van der Waals surface area contributed by atoms with E-state index < -0.39 is 5.91 Å². The van der Waals surface area contributed by atoms with Gasteiger partial charge in [0.15, 0.2) is 11.5 Å². The van der Waals surface area contributed by atoms with Gasteiger partial charge >= 0.3 is 0 Å². The van der Waals surface area contributed by atoms with Crippen LogP contribution in [0.5, 0.6) is 5.88 Å². The molecule has 0 saturated heterocycles. The highest BCUT2D eigenvalue weighted by Gasteiger charge is 2.15. The molecule has 24 heavy (non-hydrogen) atoms. The van der Waals surface area contributed by atoms with Gasteiger partial charge in [-0.3, -0.25) is 4.79 Å². The van der Waals surface area contributed by atoms with Crippen molar-refractivity contribution in [1.29, 1.82) is 0 Å². The lowest BCUT2D eigenvalue weighted by Gasteiger charge is -2.05. The van der Waals surface area contributed by atoms with Gasteiger partial charge in [0.2, 0.25) is 5.88 Å². The lowest BCUT2D eigenvalue weighted by molar-refractivity contribution is 0.0945. The van der Waals surface area contributed by atoms with Gasteiger partial charge in [-0.15, -0.1) is 0 Å². The zero-order valence-electron chi connectivity index (χ0n) is 12.3. The van der Waals surface area contributed by atoms with Gasteiger partial charge in [0, 0.05) is 28.9 Å². The molecule has 0 fully saturated rings. The number of pyridine rings is 1. The molecule has 0 aliphatic carbocycles. The molecule has 8 heteroatoms. The van der Waals surface area contributed by atoms with Crippen molar-refractivity contribution in [2.75, 3.05) is 0 Å². The summed E-state index contributed by atoms with van der Waals surface area (Å²) >= 11 is 11.8. The molecular weight excluding hydrogens is 351 g/mol. The molecule has 0 saturated carbocycles. The summed E-state index contributed by atoms with van der Waals surface area (Å²) in [6.07, 6.45) is 1.57. The third-order valence-corrected chi connectivity index (χ3v) is 3.60. The molecule has 0 spiro atoms. The van der Waals surface area contributed by atoms with Crippen LogP contribution in [0.25, 0.3) is 5.82 Å². The molecular formula is C16H12Cl2N4O2. The van der Waals surface area contributed by atoms with Crippen LogP contribution in [0, 0.1) is 0 Å². The molecule has 0 bridgehead atoms. The Bertz CT molecular complexity index is 861. The molecule has 2 heterocycles. The predicted molar refractivity (Wildman–Crippen MR) is 90.7 cm³/mol. The highest BCUT2D eigenvalue weighted by Crippen LogP contribution is 2.19. The molecule has 0 radical (unpaired) electrons. The SMILES string of the molecule is O=C(NCc1cc(Cl)cc(Cl)c1)c1cc(O)n(-c2ccccn2)n1. The van der Waals surface area contributed by atoms with Gasteiger partial charge in [0.1, 0.15) is 0 Å². The minimum Gasteiger partial charge on any atom is -0.493 e. The zero-order valence-corrected chi connectivity index (χ0v) is 13.8. The molecule has 1 aromatic carbocycles. The van der Waals surface area contributed by atoms with E-state index in [2.05, 4.69) is 15.4 Å². The number of halogens is 2. The number of hydrogen-bond donors (Lipinski definition) is 2. The van der Waals surface area contributed by atoms with Crippen molar-refractivity contribution < 1.29 is 9.90 Å². The standard InChI is InChI=1S/C16H12Cl2N4O2/c17-11-5-10(6-12(18)7-11)9-20-16(24)13-8-15(23)22(21-13)14-3-1-2-4-19-14/h1-8,23H,9H2,(H,20,24). The number of rotatable bonds is 4. The maximum absolute atomic E-state index is 12.2. The van der Waals surface area contributed by atoms with Crippen LogP contribution in [-0.4, -0.2) is 25.8 Å². The van der Waals surface area contributed by atoms with Gasteiger partial charge in [-0.1, -0.05) is 29.3 Å². The number of carbonyl (C=O) groups excluding carboxylic acids is 1. The van der Waals surface area contributed by atoms with Crippen LogP contribution >= 0.6 is 23.2 Å². The highest BCUT2D eigenvalue weighted by atomic mass is 35.5. The number of amides is 1.